The van der Waals surface area contributed by atoms with E-state index in [1.54, 1.807) is 0 Å². The highest BCUT2D eigenvalue weighted by molar-refractivity contribution is 4.62. The van der Waals surface area contributed by atoms with Gasteiger partial charge in [-0.25, -0.2) is 0 Å². The third kappa shape index (κ3) is 11.9. The van der Waals surface area contributed by atoms with Crippen LogP contribution in [0.4, 0.5) is 0 Å². The largest absolute Gasteiger partial charge is 0.0625 e. The molecule has 0 spiro atoms. The molecule has 1 radical (unpaired) electrons. The van der Waals surface area contributed by atoms with Crippen molar-refractivity contribution in [3.63, 3.8) is 0 Å². The van der Waals surface area contributed by atoms with Crippen LogP contribution < -0.4 is 0 Å². The SMILES string of the molecule is [CH2]CCCC(C)CCCCCC(C)(C)C. The van der Waals surface area contributed by atoms with E-state index in [1.165, 1.54) is 44.9 Å². The molecule has 0 aliphatic rings. The topological polar surface area (TPSA) is 0 Å². The first kappa shape index (κ1) is 15.0. The predicted octanol–water partition coefficient (Wildman–Crippen LogP) is 5.62. The highest BCUT2D eigenvalue weighted by atomic mass is 14.1. The third-order valence-corrected chi connectivity index (χ3v) is 3.07. The zero-order valence-electron chi connectivity index (χ0n) is 11.4. The van der Waals surface area contributed by atoms with Crippen LogP contribution in [0, 0.1) is 18.3 Å². The summed E-state index contributed by atoms with van der Waals surface area (Å²) in [5.74, 6) is 0.918. The first-order chi connectivity index (χ1) is 6.95. The van der Waals surface area contributed by atoms with Gasteiger partial charge in [-0.3, -0.25) is 0 Å². The van der Waals surface area contributed by atoms with E-state index in [1.807, 2.05) is 0 Å². The highest BCUT2D eigenvalue weighted by Crippen LogP contribution is 2.23. The summed E-state index contributed by atoms with van der Waals surface area (Å²) in [6.45, 7) is 13.3. The molecule has 0 saturated carbocycles. The van der Waals surface area contributed by atoms with Gasteiger partial charge in [-0.1, -0.05) is 79.6 Å². The Bertz CT molecular complexity index is 129. The highest BCUT2D eigenvalue weighted by Gasteiger charge is 2.09. The Morgan fingerprint density at radius 3 is 2.07 bits per heavy atom. The molecule has 0 heteroatoms. The van der Waals surface area contributed by atoms with Crippen LogP contribution in [0.5, 0.6) is 0 Å². The molecule has 1 atom stereocenters. The summed E-state index contributed by atoms with van der Waals surface area (Å²) in [7, 11) is 0. The van der Waals surface area contributed by atoms with Crippen molar-refractivity contribution in [1.29, 1.82) is 0 Å². The molecule has 0 saturated heterocycles. The number of hydrogen-bond acceptors (Lipinski definition) is 0. The lowest BCUT2D eigenvalue weighted by Gasteiger charge is -2.17. The Morgan fingerprint density at radius 1 is 0.933 bits per heavy atom. The van der Waals surface area contributed by atoms with E-state index < -0.39 is 0 Å². The summed E-state index contributed by atoms with van der Waals surface area (Å²) in [6, 6.07) is 0. The average molecular weight is 211 g/mol. The number of unbranched alkanes of at least 4 members (excludes halogenated alkanes) is 3. The van der Waals surface area contributed by atoms with Crippen molar-refractivity contribution in [2.24, 2.45) is 11.3 Å². The smallest absolute Gasteiger partial charge is 0.0383 e. The van der Waals surface area contributed by atoms with E-state index in [9.17, 15) is 0 Å². The Kier molecular flexibility index (Phi) is 8.19. The van der Waals surface area contributed by atoms with Gasteiger partial charge in [-0.15, -0.1) is 0 Å². The molecule has 0 aromatic carbocycles. The van der Waals surface area contributed by atoms with Crippen molar-refractivity contribution in [1.82, 2.24) is 0 Å². The lowest BCUT2D eigenvalue weighted by atomic mass is 9.88. The zero-order chi connectivity index (χ0) is 11.7. The maximum absolute atomic E-state index is 3.89. The van der Waals surface area contributed by atoms with Crippen molar-refractivity contribution in [2.45, 2.75) is 79.1 Å². The summed E-state index contributed by atoms with van der Waals surface area (Å²) >= 11 is 0. The summed E-state index contributed by atoms with van der Waals surface area (Å²) in [5, 5.41) is 0. The van der Waals surface area contributed by atoms with Crippen molar-refractivity contribution in [3.05, 3.63) is 6.92 Å². The van der Waals surface area contributed by atoms with E-state index in [0.29, 0.717) is 5.41 Å². The first-order valence-corrected chi connectivity index (χ1v) is 6.75. The molecule has 1 unspecified atom stereocenters. The first-order valence-electron chi connectivity index (χ1n) is 6.75. The minimum Gasteiger partial charge on any atom is -0.0625 e. The van der Waals surface area contributed by atoms with Gasteiger partial charge in [0.2, 0.25) is 0 Å². The van der Waals surface area contributed by atoms with Gasteiger partial charge in [-0.05, 0) is 17.8 Å². The van der Waals surface area contributed by atoms with Gasteiger partial charge in [0.1, 0.15) is 0 Å². The van der Waals surface area contributed by atoms with E-state index in [4.69, 9.17) is 0 Å². The molecule has 15 heavy (non-hydrogen) atoms. The Morgan fingerprint density at radius 2 is 1.53 bits per heavy atom. The predicted molar refractivity (Wildman–Crippen MR) is 70.9 cm³/mol. The molecule has 0 N–H and O–H groups in total. The summed E-state index contributed by atoms with van der Waals surface area (Å²) in [5.41, 5.74) is 0.527. The summed E-state index contributed by atoms with van der Waals surface area (Å²) < 4.78 is 0. The van der Waals surface area contributed by atoms with Gasteiger partial charge in [0, 0.05) is 0 Å². The Hall–Kier alpha value is 0. The van der Waals surface area contributed by atoms with Crippen LogP contribution in [-0.2, 0) is 0 Å². The molecular formula is C15H31. The van der Waals surface area contributed by atoms with Gasteiger partial charge < -0.3 is 0 Å². The van der Waals surface area contributed by atoms with Gasteiger partial charge in [0.05, 0.1) is 0 Å². The van der Waals surface area contributed by atoms with E-state index >= 15 is 0 Å². The number of rotatable bonds is 8. The van der Waals surface area contributed by atoms with Crippen molar-refractivity contribution >= 4 is 0 Å². The fourth-order valence-corrected chi connectivity index (χ4v) is 1.96. The summed E-state index contributed by atoms with van der Waals surface area (Å²) in [6.07, 6.45) is 10.8. The Labute approximate surface area is 97.8 Å². The zero-order valence-corrected chi connectivity index (χ0v) is 11.4. The van der Waals surface area contributed by atoms with Crippen LogP contribution in [0.3, 0.4) is 0 Å². The van der Waals surface area contributed by atoms with Crippen LogP contribution in [0.25, 0.3) is 0 Å². The lowest BCUT2D eigenvalue weighted by molar-refractivity contribution is 0.351. The minimum absolute atomic E-state index is 0.527. The van der Waals surface area contributed by atoms with Crippen LogP contribution in [0.1, 0.15) is 79.1 Å². The van der Waals surface area contributed by atoms with Crippen LogP contribution >= 0.6 is 0 Å². The normalized spacial score (nSPS) is 14.2. The molecule has 0 fully saturated rings. The molecule has 0 aliphatic heterocycles. The third-order valence-electron chi connectivity index (χ3n) is 3.07. The van der Waals surface area contributed by atoms with Crippen molar-refractivity contribution in [2.75, 3.05) is 0 Å². The molecule has 0 heterocycles. The molecule has 0 amide bonds. The van der Waals surface area contributed by atoms with Crippen molar-refractivity contribution < 1.29 is 0 Å². The van der Waals surface area contributed by atoms with Gasteiger partial charge >= 0.3 is 0 Å². The quantitative estimate of drug-likeness (QED) is 0.457. The molecule has 0 bridgehead atoms. The molecule has 0 rings (SSSR count). The van der Waals surface area contributed by atoms with E-state index in [-0.39, 0.29) is 0 Å². The minimum atomic E-state index is 0.527. The monoisotopic (exact) mass is 211 g/mol. The maximum atomic E-state index is 3.89. The molecule has 0 nitrogen and oxygen atoms in total. The van der Waals surface area contributed by atoms with Crippen LogP contribution in [0.2, 0.25) is 0 Å². The molecule has 91 valence electrons. The Balaban J connectivity index is 3.23. The lowest BCUT2D eigenvalue weighted by Crippen LogP contribution is -2.04. The standard InChI is InChI=1S/C15H31/c1-6-7-11-14(2)12-9-8-10-13-15(3,4)5/h14H,1,6-13H2,2-5H3. The number of hydrogen-bond donors (Lipinski definition) is 0. The average Bonchev–Trinajstić information content (AvgIpc) is 2.12. The summed E-state index contributed by atoms with van der Waals surface area (Å²) in [4.78, 5) is 0. The van der Waals surface area contributed by atoms with Gasteiger partial charge in [0.25, 0.3) is 0 Å². The molecule has 0 aromatic rings. The molecule has 0 aromatic heterocycles. The molecule has 0 aliphatic carbocycles. The second kappa shape index (κ2) is 8.19. The van der Waals surface area contributed by atoms with Crippen LogP contribution in [-0.4, -0.2) is 0 Å². The van der Waals surface area contributed by atoms with E-state index in [2.05, 4.69) is 34.6 Å². The van der Waals surface area contributed by atoms with Gasteiger partial charge in [-0.2, -0.15) is 0 Å². The van der Waals surface area contributed by atoms with E-state index in [0.717, 1.165) is 12.3 Å². The maximum Gasteiger partial charge on any atom is -0.0383 e. The van der Waals surface area contributed by atoms with Gasteiger partial charge in [0.15, 0.2) is 0 Å². The fraction of sp³-hybridized carbons (Fsp3) is 0.933. The van der Waals surface area contributed by atoms with Crippen molar-refractivity contribution in [3.8, 4) is 0 Å². The molecular weight excluding hydrogens is 180 g/mol. The second-order valence-electron chi connectivity index (χ2n) is 6.26. The fourth-order valence-electron chi connectivity index (χ4n) is 1.96. The second-order valence-corrected chi connectivity index (χ2v) is 6.26. The van der Waals surface area contributed by atoms with Crippen LogP contribution in [0.15, 0.2) is 0 Å².